The second kappa shape index (κ2) is 55.1. The molecule has 25 heteroatoms. The highest BCUT2D eigenvalue weighted by Gasteiger charge is 2.30. The molecule has 0 saturated carbocycles. The summed E-state index contributed by atoms with van der Waals surface area (Å²) in [5.74, 6) is 3.02. The monoisotopic (exact) mass is 2310 g/mol. The second-order valence-electron chi connectivity index (χ2n) is 47.3. The van der Waals surface area contributed by atoms with Crippen molar-refractivity contribution >= 4 is 168 Å². The van der Waals surface area contributed by atoms with Gasteiger partial charge in [-0.25, -0.2) is 0 Å². The smallest absolute Gasteiger partial charge is 0.249 e. The Kier molecular flexibility index (Phi) is 50.1. The molecule has 0 spiro atoms. The fraction of sp³-hybridized carbons (Fsp3) is 0.411. The van der Waals surface area contributed by atoms with Crippen LogP contribution in [0.2, 0.25) is 70.3 Å². The van der Waals surface area contributed by atoms with E-state index in [-0.39, 0.29) is 82.9 Å². The molecule has 12 aromatic carbocycles. The van der Waals surface area contributed by atoms with Gasteiger partial charge in [0.15, 0.2) is 0 Å². The number of phenolic OH excluding ortho intramolecular Hbond substituents is 7. The van der Waals surface area contributed by atoms with Crippen molar-refractivity contribution in [1.29, 1.82) is 0 Å². The molecule has 0 aliphatic carbocycles. The molecule has 0 heterocycles. The predicted molar refractivity (Wildman–Crippen MR) is 648 cm³/mol. The Morgan fingerprint density at radius 2 is 0.463 bits per heavy atom. The first-order valence-electron chi connectivity index (χ1n) is 48.8. The molecule has 0 saturated heterocycles. The first-order valence-corrected chi connectivity index (χ1v) is 54.1. The third kappa shape index (κ3) is 40.9. The van der Waals surface area contributed by atoms with Gasteiger partial charge < -0.3 is 51.0 Å². The summed E-state index contributed by atoms with van der Waals surface area (Å²) in [7, 11) is 3.24. The average Bonchev–Trinajstić information content (AvgIpc) is 0.787. The predicted octanol–water partition coefficient (Wildman–Crippen LogP) is 42.1. The number of methoxy groups -OCH3 is 2. The molecule has 0 radical (unpaired) electrons. The Hall–Kier alpha value is -7.63. The topological polar surface area (TPSA) is 203 Å². The molecule has 0 aliphatic rings. The Balaban J connectivity index is 0.000000427. The lowest BCUT2D eigenvalue weighted by Crippen LogP contribution is -2.21. The van der Waals surface area contributed by atoms with Crippen LogP contribution >= 0.6 is 162 Å². The highest BCUT2D eigenvalue weighted by Crippen LogP contribution is 2.48. The van der Waals surface area contributed by atoms with Gasteiger partial charge in [0.2, 0.25) is 5.91 Å². The highest BCUT2D eigenvalue weighted by molar-refractivity contribution is 6.40. The number of hydrogen-bond donors (Lipinski definition) is 8. The van der Waals surface area contributed by atoms with E-state index in [4.69, 9.17) is 178 Å². The van der Waals surface area contributed by atoms with Gasteiger partial charge in [-0.15, -0.1) is 0 Å². The van der Waals surface area contributed by atoms with E-state index in [1.165, 1.54) is 5.56 Å². The summed E-state index contributed by atoms with van der Waals surface area (Å²) < 4.78 is 10.6. The third-order valence-electron chi connectivity index (χ3n) is 24.0. The Morgan fingerprint density at radius 1 is 0.228 bits per heavy atom. The molecular weight excluding hydrogens is 2160 g/mol. The minimum absolute atomic E-state index is 0.00501. The van der Waals surface area contributed by atoms with Crippen LogP contribution < -0.4 is 15.2 Å². The number of halogens is 14. The largest absolute Gasteiger partial charge is 0.508 e. The number of aromatic hydroxyl groups is 7. The summed E-state index contributed by atoms with van der Waals surface area (Å²) >= 11 is 84.8. The van der Waals surface area contributed by atoms with E-state index >= 15 is 0 Å². The van der Waals surface area contributed by atoms with Crippen molar-refractivity contribution in [3.05, 3.63) is 334 Å². The standard InChI is InChI=1S/C17H17Cl3O.C16H15Cl3O.C12H16ClNO.C12H17ClO.C12H18O.C11H14Cl2O.4C11H15ClO/c1-17(2,3)13-8-12(15(20)9-16(13)21-4)11-7-10(18)5-6-14(11)19;1-16(2,3)12-7-11(14(19)8-15(12)20)10-6-9(17)4-5-13(10)18;1-7-5-9(12(2,3)4)8(11(14)15)6-10(7)13;1-5-8-6-9(12(2,3)4)11(14)7-10(8)13;1-8-6-10(12(3,4)5)11(13)7-9(8)2;1-11(2,3)7-5-10(14-4)9(13)6-8(7)12;4*1-7-5-8(11(2,3)4)10(13)6-9(7)12/h5-9H,1-4H3;4-8,20H,1-3H3;5-6H,1-4H3,(H2,14,15);6-7,14H,5H2,1-4H3;6-7,13H,1-5H3;5-6H,1-4H3;4*5-6,13H,1-4H3. The summed E-state index contributed by atoms with van der Waals surface area (Å²) in [5.41, 5.74) is 26.5. The van der Waals surface area contributed by atoms with Gasteiger partial charge in [-0.3, -0.25) is 4.79 Å². The molecule has 9 N–H and O–H groups in total. The number of benzene rings is 12. The van der Waals surface area contributed by atoms with Crippen molar-refractivity contribution in [2.45, 2.75) is 324 Å². The summed E-state index contributed by atoms with van der Waals surface area (Å²) in [6, 6.07) is 46.8. The number of nitrogens with two attached hydrogens (primary N) is 1. The van der Waals surface area contributed by atoms with Crippen molar-refractivity contribution in [3.8, 4) is 74.0 Å². The molecule has 1 amide bonds. The number of primary amides is 1. The van der Waals surface area contributed by atoms with Crippen molar-refractivity contribution in [2.75, 3.05) is 14.2 Å². The molecule has 12 aromatic rings. The van der Waals surface area contributed by atoms with Gasteiger partial charge in [-0.1, -0.05) is 420 Å². The van der Waals surface area contributed by atoms with E-state index in [2.05, 4.69) is 186 Å². The third-order valence-corrected chi connectivity index (χ3v) is 28.7. The van der Waals surface area contributed by atoms with Gasteiger partial charge >= 0.3 is 0 Å². The van der Waals surface area contributed by atoms with Crippen LogP contribution in [0, 0.1) is 48.5 Å². The lowest BCUT2D eigenvalue weighted by atomic mass is 9.82. The first-order chi connectivity index (χ1) is 67.5. The quantitative estimate of drug-likeness (QED) is 0.0791. The second-order valence-corrected chi connectivity index (χ2v) is 53.1. The van der Waals surface area contributed by atoms with E-state index in [1.807, 2.05) is 156 Å². The first kappa shape index (κ1) is 136. The molecule has 0 bridgehead atoms. The van der Waals surface area contributed by atoms with E-state index in [1.54, 1.807) is 93.1 Å². The van der Waals surface area contributed by atoms with Crippen molar-refractivity contribution in [3.63, 3.8) is 0 Å². The molecule has 149 heavy (non-hydrogen) atoms. The number of hydrogen-bond acceptors (Lipinski definition) is 10. The Bertz CT molecular complexity index is 6170. The van der Waals surface area contributed by atoms with Crippen molar-refractivity contribution in [2.24, 2.45) is 5.73 Å². The molecule has 0 aromatic heterocycles. The molecule has 0 fully saturated rings. The number of amides is 1. The maximum Gasteiger partial charge on any atom is 0.249 e. The summed E-state index contributed by atoms with van der Waals surface area (Å²) in [5, 5.41) is 76.6. The number of carbonyl (C=O) groups is 1. The van der Waals surface area contributed by atoms with Crippen LogP contribution in [0.1, 0.15) is 325 Å². The number of ether oxygens (including phenoxy) is 2. The van der Waals surface area contributed by atoms with Crippen LogP contribution in [0.5, 0.6) is 51.7 Å². The normalized spacial score (nSPS) is 11.7. The lowest BCUT2D eigenvalue weighted by molar-refractivity contribution is 0.0998. The summed E-state index contributed by atoms with van der Waals surface area (Å²) in [6.45, 7) is 78.1. The van der Waals surface area contributed by atoms with Crippen LogP contribution in [-0.2, 0) is 60.6 Å². The molecule has 0 unspecified atom stereocenters. The van der Waals surface area contributed by atoms with Crippen molar-refractivity contribution < 1.29 is 50.0 Å². The van der Waals surface area contributed by atoms with Crippen LogP contribution in [0.4, 0.5) is 0 Å². The molecule has 0 aliphatic heterocycles. The van der Waals surface area contributed by atoms with E-state index in [0.29, 0.717) is 93.1 Å². The SMILES string of the molecule is CC(C)(C)c1cc(-c2cc(Cl)ccc2Cl)c(Cl)cc1O.CCc1cc(C(C)(C)C)c(O)cc1Cl.COc1cc(C(C)(C)C)c(Cl)cc1Cl.COc1cc(Cl)c(-c2cc(Cl)ccc2Cl)cc1C(C)(C)C.Cc1cc(C(C)(C)C)c(C(N)=O)cc1Cl.Cc1cc(C(C)(C)C)c(O)cc1Cl.Cc1cc(C(C)(C)C)c(O)cc1Cl.Cc1cc(C(C)(C)C)c(O)cc1Cl.Cc1cc(C(C)(C)C)c(O)cc1Cl.Cc1cc(O)c(C(C)(C)C)cc1C. The fourth-order valence-corrected chi connectivity index (χ4v) is 18.2. The average molecular weight is 2320 g/mol. The minimum atomic E-state index is -0.429. The maximum atomic E-state index is 11.3. The lowest BCUT2D eigenvalue weighted by Gasteiger charge is -2.24. The summed E-state index contributed by atoms with van der Waals surface area (Å²) in [6.07, 6.45) is 0.891. The minimum Gasteiger partial charge on any atom is -0.508 e. The maximum absolute atomic E-state index is 11.3. The van der Waals surface area contributed by atoms with Gasteiger partial charge in [-0.05, 0) is 319 Å². The van der Waals surface area contributed by atoms with Crippen molar-refractivity contribution in [1.82, 2.24) is 0 Å². The fourth-order valence-electron chi connectivity index (χ4n) is 15.0. The van der Waals surface area contributed by atoms with Gasteiger partial charge in [0.1, 0.15) is 51.7 Å². The van der Waals surface area contributed by atoms with Crippen LogP contribution in [0.15, 0.2) is 158 Å². The summed E-state index contributed by atoms with van der Waals surface area (Å²) in [4.78, 5) is 11.3. The van der Waals surface area contributed by atoms with Crippen LogP contribution in [-0.4, -0.2) is 55.9 Å². The molecule has 12 rings (SSSR count). The van der Waals surface area contributed by atoms with Gasteiger partial charge in [0, 0.05) is 88.6 Å². The van der Waals surface area contributed by atoms with E-state index in [0.717, 1.165) is 129 Å². The number of aryl methyl sites for hydroxylation is 8. The zero-order valence-electron chi connectivity index (χ0n) is 94.4. The van der Waals surface area contributed by atoms with Gasteiger partial charge in [0.25, 0.3) is 0 Å². The zero-order chi connectivity index (χ0) is 116. The molecule has 11 nitrogen and oxygen atoms in total. The number of phenols is 7. The molecule has 816 valence electrons. The molecular formula is C124H157Cl14NO10. The van der Waals surface area contributed by atoms with Gasteiger partial charge in [0.05, 0.1) is 29.3 Å². The molecule has 0 atom stereocenters. The van der Waals surface area contributed by atoms with Crippen LogP contribution in [0.3, 0.4) is 0 Å². The highest BCUT2D eigenvalue weighted by atomic mass is 35.5. The van der Waals surface area contributed by atoms with Gasteiger partial charge in [-0.2, -0.15) is 0 Å². The Labute approximate surface area is 961 Å². The number of rotatable bonds is 6. The number of carbonyl (C=O) groups excluding carboxylic acids is 1. The zero-order valence-corrected chi connectivity index (χ0v) is 105. The van der Waals surface area contributed by atoms with E-state index < -0.39 is 5.91 Å². The van der Waals surface area contributed by atoms with E-state index in [9.17, 15) is 40.5 Å². The van der Waals surface area contributed by atoms with Crippen LogP contribution in [0.25, 0.3) is 22.3 Å². The Morgan fingerprint density at radius 3 is 0.752 bits per heavy atom.